The SMILES string of the molecule is CCOC(=O)C(C(=O)C(CCSC)NC(=O)OCc1ccccc1)[N+](=O)[O-]. The average molecular weight is 398 g/mol. The number of hydrogen-bond donors (Lipinski definition) is 1. The number of esters is 1. The van der Waals surface area contributed by atoms with Crippen molar-refractivity contribution in [2.75, 3.05) is 18.6 Å². The number of nitro groups is 1. The third-order valence-electron chi connectivity index (χ3n) is 3.45. The van der Waals surface area contributed by atoms with Gasteiger partial charge in [0, 0.05) is 4.92 Å². The van der Waals surface area contributed by atoms with E-state index in [0.717, 1.165) is 5.56 Å². The number of carbonyl (C=O) groups excluding carboxylic acids is 3. The van der Waals surface area contributed by atoms with Crippen LogP contribution in [-0.4, -0.2) is 53.5 Å². The molecule has 1 amide bonds. The lowest BCUT2D eigenvalue weighted by Gasteiger charge is -2.18. The second-order valence-corrected chi connectivity index (χ2v) is 6.37. The van der Waals surface area contributed by atoms with E-state index in [1.807, 2.05) is 6.07 Å². The molecule has 1 aromatic rings. The summed E-state index contributed by atoms with van der Waals surface area (Å²) in [4.78, 5) is 46.4. The van der Waals surface area contributed by atoms with Crippen LogP contribution in [-0.2, 0) is 25.7 Å². The van der Waals surface area contributed by atoms with E-state index in [1.165, 1.54) is 18.7 Å². The number of nitrogens with one attached hydrogen (secondary N) is 1. The van der Waals surface area contributed by atoms with E-state index < -0.39 is 34.9 Å². The standard InChI is InChI=1S/C17H22N2O7S/c1-3-25-16(21)14(19(23)24)15(20)13(9-10-27-2)18-17(22)26-11-12-7-5-4-6-8-12/h4-8,13-14H,3,9-11H2,1-2H3,(H,18,22). The zero-order chi connectivity index (χ0) is 20.2. The van der Waals surface area contributed by atoms with Crippen LogP contribution in [0.1, 0.15) is 18.9 Å². The zero-order valence-corrected chi connectivity index (χ0v) is 15.9. The van der Waals surface area contributed by atoms with Crippen LogP contribution in [0.5, 0.6) is 0 Å². The molecular weight excluding hydrogens is 376 g/mol. The van der Waals surface area contributed by atoms with Gasteiger partial charge in [0.1, 0.15) is 6.61 Å². The van der Waals surface area contributed by atoms with Crippen molar-refractivity contribution < 1.29 is 28.8 Å². The van der Waals surface area contributed by atoms with Crippen LogP contribution < -0.4 is 5.32 Å². The number of alkyl carbamates (subject to hydrolysis) is 1. The number of thioether (sulfide) groups is 1. The molecule has 27 heavy (non-hydrogen) atoms. The van der Waals surface area contributed by atoms with E-state index in [9.17, 15) is 24.5 Å². The summed E-state index contributed by atoms with van der Waals surface area (Å²) in [6.45, 7) is 1.36. The summed E-state index contributed by atoms with van der Waals surface area (Å²) in [5, 5.41) is 13.5. The van der Waals surface area contributed by atoms with Gasteiger partial charge in [-0.25, -0.2) is 9.59 Å². The molecular formula is C17H22N2O7S. The molecule has 0 radical (unpaired) electrons. The molecule has 10 heteroatoms. The first-order valence-electron chi connectivity index (χ1n) is 8.20. The van der Waals surface area contributed by atoms with Crippen molar-refractivity contribution in [2.45, 2.75) is 32.0 Å². The molecule has 0 fully saturated rings. The largest absolute Gasteiger partial charge is 0.461 e. The highest BCUT2D eigenvalue weighted by Gasteiger charge is 2.43. The minimum absolute atomic E-state index is 0.0212. The number of Topliss-reactive ketones (excluding diaryl/α,β-unsaturated/α-hetero) is 1. The minimum atomic E-state index is -2.19. The first kappa shape index (κ1) is 22.4. The van der Waals surface area contributed by atoms with Gasteiger partial charge in [0.15, 0.2) is 0 Å². The van der Waals surface area contributed by atoms with Crippen molar-refractivity contribution in [3.8, 4) is 0 Å². The number of rotatable bonds is 11. The highest BCUT2D eigenvalue weighted by molar-refractivity contribution is 7.98. The molecule has 2 atom stereocenters. The summed E-state index contributed by atoms with van der Waals surface area (Å²) in [5.74, 6) is -1.84. The molecule has 0 saturated heterocycles. The first-order chi connectivity index (χ1) is 12.9. The molecule has 0 aliphatic rings. The Morgan fingerprint density at radius 3 is 2.44 bits per heavy atom. The molecule has 0 aliphatic carbocycles. The third-order valence-corrected chi connectivity index (χ3v) is 4.09. The van der Waals surface area contributed by atoms with Crippen molar-refractivity contribution >= 4 is 29.6 Å². The van der Waals surface area contributed by atoms with Gasteiger partial charge >= 0.3 is 18.1 Å². The molecule has 0 saturated carbocycles. The van der Waals surface area contributed by atoms with E-state index in [2.05, 4.69) is 10.1 Å². The summed E-state index contributed by atoms with van der Waals surface area (Å²) in [5.41, 5.74) is 0.745. The molecule has 2 unspecified atom stereocenters. The van der Waals surface area contributed by atoms with E-state index >= 15 is 0 Å². The van der Waals surface area contributed by atoms with E-state index in [0.29, 0.717) is 5.75 Å². The topological polar surface area (TPSA) is 125 Å². The first-order valence-corrected chi connectivity index (χ1v) is 9.60. The Kier molecular flexibility index (Phi) is 9.88. The van der Waals surface area contributed by atoms with Crippen LogP contribution >= 0.6 is 11.8 Å². The predicted molar refractivity (Wildman–Crippen MR) is 99.0 cm³/mol. The van der Waals surface area contributed by atoms with Gasteiger partial charge in [-0.2, -0.15) is 11.8 Å². The van der Waals surface area contributed by atoms with Crippen molar-refractivity contribution in [1.29, 1.82) is 0 Å². The highest BCUT2D eigenvalue weighted by Crippen LogP contribution is 2.09. The third kappa shape index (κ3) is 7.65. The fourth-order valence-corrected chi connectivity index (χ4v) is 2.62. The van der Waals surface area contributed by atoms with Gasteiger partial charge < -0.3 is 14.8 Å². The van der Waals surface area contributed by atoms with E-state index in [1.54, 1.807) is 30.5 Å². The summed E-state index contributed by atoms with van der Waals surface area (Å²) in [7, 11) is 0. The van der Waals surface area contributed by atoms with Crippen LogP contribution in [0.3, 0.4) is 0 Å². The molecule has 148 valence electrons. The summed E-state index contributed by atoms with van der Waals surface area (Å²) < 4.78 is 9.64. The van der Waals surface area contributed by atoms with Crippen molar-refractivity contribution in [3.63, 3.8) is 0 Å². The van der Waals surface area contributed by atoms with Crippen molar-refractivity contribution in [2.24, 2.45) is 0 Å². The lowest BCUT2D eigenvalue weighted by atomic mass is 10.0. The number of hydrogen-bond acceptors (Lipinski definition) is 8. The maximum absolute atomic E-state index is 12.5. The van der Waals surface area contributed by atoms with Crippen LogP contribution in [0.2, 0.25) is 0 Å². The lowest BCUT2D eigenvalue weighted by Crippen LogP contribution is -2.51. The molecule has 0 aliphatic heterocycles. The van der Waals surface area contributed by atoms with Crippen LogP contribution in [0.15, 0.2) is 30.3 Å². The molecule has 0 spiro atoms. The molecule has 9 nitrogen and oxygen atoms in total. The van der Waals surface area contributed by atoms with Gasteiger partial charge in [0.05, 0.1) is 12.6 Å². The summed E-state index contributed by atoms with van der Waals surface area (Å²) in [6.07, 6.45) is 1.000. The zero-order valence-electron chi connectivity index (χ0n) is 15.1. The monoisotopic (exact) mass is 398 g/mol. The normalized spacial score (nSPS) is 12.5. The van der Waals surface area contributed by atoms with Crippen LogP contribution in [0, 0.1) is 10.1 Å². The maximum atomic E-state index is 12.5. The van der Waals surface area contributed by atoms with Gasteiger partial charge in [-0.15, -0.1) is 0 Å². The van der Waals surface area contributed by atoms with Gasteiger partial charge in [-0.05, 0) is 30.9 Å². The van der Waals surface area contributed by atoms with Gasteiger partial charge in [-0.3, -0.25) is 14.9 Å². The number of ether oxygens (including phenoxy) is 2. The molecule has 0 heterocycles. The minimum Gasteiger partial charge on any atom is -0.461 e. The molecule has 0 aromatic heterocycles. The summed E-state index contributed by atoms with van der Waals surface area (Å²) >= 11 is 1.39. The Bertz CT molecular complexity index is 654. The quantitative estimate of drug-likeness (QED) is 0.259. The van der Waals surface area contributed by atoms with Crippen LogP contribution in [0.4, 0.5) is 4.79 Å². The molecule has 1 rings (SSSR count). The van der Waals surface area contributed by atoms with Gasteiger partial charge in [-0.1, -0.05) is 30.3 Å². The molecule has 1 aromatic carbocycles. The number of amides is 1. The second-order valence-electron chi connectivity index (χ2n) is 5.38. The Hall–Kier alpha value is -2.62. The fraction of sp³-hybridized carbons (Fsp3) is 0.471. The second kappa shape index (κ2) is 11.9. The fourth-order valence-electron chi connectivity index (χ4n) is 2.15. The predicted octanol–water partition coefficient (Wildman–Crippen LogP) is 1.81. The highest BCUT2D eigenvalue weighted by atomic mass is 32.2. The number of benzene rings is 1. The smallest absolute Gasteiger partial charge is 0.408 e. The molecule has 1 N–H and O–H groups in total. The van der Waals surface area contributed by atoms with Crippen molar-refractivity contribution in [3.05, 3.63) is 46.0 Å². The number of carbonyl (C=O) groups is 3. The van der Waals surface area contributed by atoms with Crippen LogP contribution in [0.25, 0.3) is 0 Å². The Labute approximate surface area is 160 Å². The number of nitrogens with zero attached hydrogens (tertiary/aromatic N) is 1. The maximum Gasteiger partial charge on any atom is 0.408 e. The van der Waals surface area contributed by atoms with Gasteiger partial charge in [0.2, 0.25) is 5.78 Å². The van der Waals surface area contributed by atoms with Crippen molar-refractivity contribution in [1.82, 2.24) is 5.32 Å². The van der Waals surface area contributed by atoms with E-state index in [4.69, 9.17) is 4.74 Å². The number of ketones is 1. The Balaban J connectivity index is 2.79. The molecule has 0 bridgehead atoms. The summed E-state index contributed by atoms with van der Waals surface area (Å²) in [6, 6.07) is 5.46. The average Bonchev–Trinajstić information content (AvgIpc) is 2.64. The van der Waals surface area contributed by atoms with E-state index in [-0.39, 0.29) is 19.6 Å². The van der Waals surface area contributed by atoms with Gasteiger partial charge in [0.25, 0.3) is 0 Å². The Morgan fingerprint density at radius 2 is 1.89 bits per heavy atom. The lowest BCUT2D eigenvalue weighted by molar-refractivity contribution is -0.496. The Morgan fingerprint density at radius 1 is 1.22 bits per heavy atom.